The summed E-state index contributed by atoms with van der Waals surface area (Å²) >= 11 is 0. The summed E-state index contributed by atoms with van der Waals surface area (Å²) in [7, 11) is 1.84. The number of anilines is 1. The van der Waals surface area contributed by atoms with Crippen molar-refractivity contribution in [3.8, 4) is 5.88 Å². The van der Waals surface area contributed by atoms with Crippen LogP contribution in [-0.4, -0.2) is 26.8 Å². The Kier molecular flexibility index (Phi) is 3.74. The van der Waals surface area contributed by atoms with Crippen molar-refractivity contribution in [2.45, 2.75) is 13.0 Å². The van der Waals surface area contributed by atoms with Crippen molar-refractivity contribution in [3.63, 3.8) is 0 Å². The van der Waals surface area contributed by atoms with Crippen molar-refractivity contribution >= 4 is 22.5 Å². The highest BCUT2D eigenvalue weighted by atomic mass is 16.5. The molecule has 0 saturated heterocycles. The monoisotopic (exact) mass is 296 g/mol. The Balaban J connectivity index is 1.75. The van der Waals surface area contributed by atoms with Crippen molar-refractivity contribution in [2.24, 2.45) is 7.05 Å². The van der Waals surface area contributed by atoms with Crippen LogP contribution in [0.4, 0.5) is 5.69 Å². The van der Waals surface area contributed by atoms with Crippen LogP contribution >= 0.6 is 0 Å². The van der Waals surface area contributed by atoms with Gasteiger partial charge in [0.1, 0.15) is 0 Å². The van der Waals surface area contributed by atoms with Gasteiger partial charge in [0.15, 0.2) is 6.10 Å². The van der Waals surface area contributed by atoms with Gasteiger partial charge in [-0.05, 0) is 31.2 Å². The maximum atomic E-state index is 12.2. The second kappa shape index (κ2) is 5.85. The number of benzene rings is 1. The van der Waals surface area contributed by atoms with Crippen LogP contribution in [0, 0.1) is 0 Å². The van der Waals surface area contributed by atoms with E-state index < -0.39 is 6.10 Å². The van der Waals surface area contributed by atoms with E-state index in [1.165, 1.54) is 0 Å². The Morgan fingerprint density at radius 2 is 1.95 bits per heavy atom. The fraction of sp³-hybridized carbons (Fsp3) is 0.188. The molecule has 112 valence electrons. The molecule has 22 heavy (non-hydrogen) atoms. The summed E-state index contributed by atoms with van der Waals surface area (Å²) in [5.74, 6) is 0.219. The molecule has 2 heterocycles. The lowest BCUT2D eigenvalue weighted by molar-refractivity contribution is -0.122. The number of carbonyl (C=O) groups is 1. The van der Waals surface area contributed by atoms with Crippen LogP contribution < -0.4 is 10.1 Å². The molecule has 0 aliphatic carbocycles. The Bertz CT molecular complexity index is 798. The number of ether oxygens (including phenoxy) is 1. The van der Waals surface area contributed by atoms with Crippen LogP contribution in [0.15, 0.2) is 48.8 Å². The molecule has 6 nitrogen and oxygen atoms in total. The maximum absolute atomic E-state index is 12.2. The number of hydrogen-bond acceptors (Lipinski definition) is 4. The van der Waals surface area contributed by atoms with Crippen LogP contribution in [0.1, 0.15) is 6.92 Å². The molecule has 6 heteroatoms. The zero-order valence-electron chi connectivity index (χ0n) is 12.4. The average molecular weight is 296 g/mol. The van der Waals surface area contributed by atoms with Crippen LogP contribution in [0.25, 0.3) is 10.9 Å². The van der Waals surface area contributed by atoms with Crippen molar-refractivity contribution in [3.05, 3.63) is 48.8 Å². The third-order valence-corrected chi connectivity index (χ3v) is 3.33. The highest BCUT2D eigenvalue weighted by Gasteiger charge is 2.18. The molecule has 2 aromatic heterocycles. The molecule has 0 aliphatic heterocycles. The number of amides is 1. The van der Waals surface area contributed by atoms with Gasteiger partial charge in [-0.2, -0.15) is 0 Å². The Labute approximate surface area is 127 Å². The average Bonchev–Trinajstić information content (AvgIpc) is 2.85. The molecule has 1 aromatic carbocycles. The van der Waals surface area contributed by atoms with Gasteiger partial charge in [0.25, 0.3) is 5.91 Å². The van der Waals surface area contributed by atoms with Crippen LogP contribution in [-0.2, 0) is 11.8 Å². The first kappa shape index (κ1) is 14.1. The van der Waals surface area contributed by atoms with Gasteiger partial charge in [0.2, 0.25) is 5.88 Å². The SMILES string of the molecule is CC(Oc1nn(C)c2ccccc12)C(=O)Nc1ccncc1. The van der Waals surface area contributed by atoms with E-state index in [4.69, 9.17) is 4.74 Å². The lowest BCUT2D eigenvalue weighted by atomic mass is 10.2. The largest absolute Gasteiger partial charge is 0.463 e. The Hall–Kier alpha value is -2.89. The summed E-state index contributed by atoms with van der Waals surface area (Å²) in [5.41, 5.74) is 1.64. The van der Waals surface area contributed by atoms with Crippen LogP contribution in [0.3, 0.4) is 0 Å². The molecule has 1 atom stereocenters. The predicted molar refractivity (Wildman–Crippen MR) is 83.7 cm³/mol. The van der Waals surface area contributed by atoms with Gasteiger partial charge in [-0.1, -0.05) is 12.1 Å². The van der Waals surface area contributed by atoms with Crippen molar-refractivity contribution in [1.82, 2.24) is 14.8 Å². The molecule has 3 rings (SSSR count). The fourth-order valence-electron chi connectivity index (χ4n) is 2.17. The summed E-state index contributed by atoms with van der Waals surface area (Å²) in [6.45, 7) is 1.69. The minimum atomic E-state index is -0.661. The minimum Gasteiger partial charge on any atom is -0.463 e. The summed E-state index contributed by atoms with van der Waals surface area (Å²) in [4.78, 5) is 16.1. The zero-order chi connectivity index (χ0) is 15.5. The molecule has 0 radical (unpaired) electrons. The van der Waals surface area contributed by atoms with Gasteiger partial charge in [-0.25, -0.2) is 0 Å². The maximum Gasteiger partial charge on any atom is 0.265 e. The van der Waals surface area contributed by atoms with Gasteiger partial charge in [-0.3, -0.25) is 14.5 Å². The van der Waals surface area contributed by atoms with Gasteiger partial charge in [-0.15, -0.1) is 5.10 Å². The first-order chi connectivity index (χ1) is 10.6. The third-order valence-electron chi connectivity index (χ3n) is 3.33. The van der Waals surface area contributed by atoms with Crippen LogP contribution in [0.5, 0.6) is 5.88 Å². The van der Waals surface area contributed by atoms with E-state index in [1.807, 2.05) is 31.3 Å². The van der Waals surface area contributed by atoms with Gasteiger partial charge in [0, 0.05) is 25.1 Å². The summed E-state index contributed by atoms with van der Waals surface area (Å²) in [6, 6.07) is 11.2. The quantitative estimate of drug-likeness (QED) is 0.802. The predicted octanol–water partition coefficient (Wildman–Crippen LogP) is 2.37. The smallest absolute Gasteiger partial charge is 0.265 e. The van der Waals surface area contributed by atoms with Crippen LogP contribution in [0.2, 0.25) is 0 Å². The summed E-state index contributed by atoms with van der Waals surface area (Å²) < 4.78 is 7.46. The van der Waals surface area contributed by atoms with Crippen molar-refractivity contribution in [1.29, 1.82) is 0 Å². The molecule has 0 fully saturated rings. The molecule has 1 N–H and O–H groups in total. The Morgan fingerprint density at radius 1 is 1.23 bits per heavy atom. The van der Waals surface area contributed by atoms with Gasteiger partial charge >= 0.3 is 0 Å². The normalized spacial score (nSPS) is 12.1. The third kappa shape index (κ3) is 2.76. The molecular formula is C16H16N4O2. The van der Waals surface area contributed by atoms with E-state index in [-0.39, 0.29) is 5.91 Å². The second-order valence-electron chi connectivity index (χ2n) is 4.93. The molecule has 1 unspecified atom stereocenters. The topological polar surface area (TPSA) is 69.0 Å². The molecule has 0 spiro atoms. The van der Waals surface area contributed by atoms with E-state index in [9.17, 15) is 4.79 Å². The fourth-order valence-corrected chi connectivity index (χ4v) is 2.17. The highest BCUT2D eigenvalue weighted by molar-refractivity contribution is 5.94. The summed E-state index contributed by atoms with van der Waals surface area (Å²) in [5, 5.41) is 7.98. The molecule has 3 aromatic rings. The summed E-state index contributed by atoms with van der Waals surface area (Å²) in [6.07, 6.45) is 2.58. The number of rotatable bonds is 4. The number of nitrogens with zero attached hydrogens (tertiary/aromatic N) is 3. The number of pyridine rings is 1. The van der Waals surface area contributed by atoms with Crippen molar-refractivity contribution in [2.75, 3.05) is 5.32 Å². The number of carbonyl (C=O) groups excluding carboxylic acids is 1. The Morgan fingerprint density at radius 3 is 2.73 bits per heavy atom. The molecule has 0 bridgehead atoms. The molecule has 1 amide bonds. The first-order valence-corrected chi connectivity index (χ1v) is 6.94. The highest BCUT2D eigenvalue weighted by Crippen LogP contribution is 2.24. The standard InChI is InChI=1S/C16H16N4O2/c1-11(15(21)18-12-7-9-17-10-8-12)22-16-13-5-3-4-6-14(13)20(2)19-16/h3-11H,1-2H3,(H,17,18,21). The molecule has 0 saturated carbocycles. The van der Waals surface area contributed by atoms with E-state index in [1.54, 1.807) is 36.1 Å². The second-order valence-corrected chi connectivity index (χ2v) is 4.93. The van der Waals surface area contributed by atoms with Gasteiger partial charge < -0.3 is 10.1 Å². The molecular weight excluding hydrogens is 280 g/mol. The lowest BCUT2D eigenvalue weighted by Crippen LogP contribution is -2.30. The number of aromatic nitrogens is 3. The first-order valence-electron chi connectivity index (χ1n) is 6.94. The number of nitrogens with one attached hydrogen (secondary N) is 1. The number of para-hydroxylation sites is 1. The zero-order valence-corrected chi connectivity index (χ0v) is 12.4. The minimum absolute atomic E-state index is 0.235. The van der Waals surface area contributed by atoms with Crippen molar-refractivity contribution < 1.29 is 9.53 Å². The number of hydrogen-bond donors (Lipinski definition) is 1. The van der Waals surface area contributed by atoms with E-state index in [0.717, 1.165) is 10.9 Å². The number of aryl methyl sites for hydroxylation is 1. The lowest BCUT2D eigenvalue weighted by Gasteiger charge is -2.13. The van der Waals surface area contributed by atoms with Gasteiger partial charge in [0.05, 0.1) is 10.9 Å². The van der Waals surface area contributed by atoms with E-state index in [2.05, 4.69) is 15.4 Å². The van der Waals surface area contributed by atoms with E-state index >= 15 is 0 Å². The van der Waals surface area contributed by atoms with E-state index in [0.29, 0.717) is 11.6 Å². The number of fused-ring (bicyclic) bond motifs is 1. The molecule has 0 aliphatic rings.